The summed E-state index contributed by atoms with van der Waals surface area (Å²) in [5.74, 6) is -0.0365. The first-order valence-corrected chi connectivity index (χ1v) is 9.27. The predicted octanol–water partition coefficient (Wildman–Crippen LogP) is 2.07. The first-order chi connectivity index (χ1) is 12.7. The highest BCUT2D eigenvalue weighted by Gasteiger charge is 2.14. The summed E-state index contributed by atoms with van der Waals surface area (Å²) in [5.41, 5.74) is 0.662. The Morgan fingerprint density at radius 3 is 2.65 bits per heavy atom. The maximum atomic E-state index is 12.7. The molecule has 3 rings (SSSR count). The molecule has 1 aliphatic rings. The second-order valence-electron chi connectivity index (χ2n) is 6.67. The fourth-order valence-corrected chi connectivity index (χ4v) is 3.33. The van der Waals surface area contributed by atoms with Crippen LogP contribution in [0.25, 0.3) is 10.8 Å². The van der Waals surface area contributed by atoms with Crippen molar-refractivity contribution in [3.63, 3.8) is 0 Å². The molecule has 1 aromatic carbocycles. The minimum Gasteiger partial charge on any atom is -0.350 e. The van der Waals surface area contributed by atoms with Crippen LogP contribution >= 0.6 is 0 Å². The maximum absolute atomic E-state index is 12.7. The van der Waals surface area contributed by atoms with E-state index in [4.69, 9.17) is 0 Å². The van der Waals surface area contributed by atoms with Crippen LogP contribution in [0.4, 0.5) is 0 Å². The fourth-order valence-electron chi connectivity index (χ4n) is 3.33. The Balaban J connectivity index is 1.81. The van der Waals surface area contributed by atoms with Crippen LogP contribution in [0.3, 0.4) is 0 Å². The lowest BCUT2D eigenvalue weighted by atomic mass is 10.1. The summed E-state index contributed by atoms with van der Waals surface area (Å²) in [6.07, 6.45) is 5.24. The fraction of sp³-hybridized carbons (Fsp3) is 0.450. The van der Waals surface area contributed by atoms with Crippen LogP contribution in [0.5, 0.6) is 0 Å². The molecule has 0 saturated carbocycles. The number of likely N-dealkylation sites (tertiary alicyclic amines) is 1. The molecular weight excluding hydrogens is 328 g/mol. The van der Waals surface area contributed by atoms with Gasteiger partial charge in [-0.2, -0.15) is 5.10 Å². The highest BCUT2D eigenvalue weighted by Crippen LogP contribution is 2.13. The number of nitrogens with zero attached hydrogens (tertiary/aromatic N) is 3. The van der Waals surface area contributed by atoms with Crippen molar-refractivity contribution in [2.75, 3.05) is 19.6 Å². The first-order valence-electron chi connectivity index (χ1n) is 9.27. The Morgan fingerprint density at radius 2 is 1.92 bits per heavy atom. The monoisotopic (exact) mass is 354 g/mol. The molecule has 138 valence electrons. The van der Waals surface area contributed by atoms with E-state index in [1.54, 1.807) is 10.8 Å². The molecule has 0 spiro atoms. The van der Waals surface area contributed by atoms with E-state index in [-0.39, 0.29) is 11.5 Å². The maximum Gasteiger partial charge on any atom is 0.274 e. The molecular formula is C20H26N4O2. The number of fused-ring (bicyclic) bond motifs is 1. The number of carbonyl (C=O) groups is 1. The number of rotatable bonds is 8. The van der Waals surface area contributed by atoms with Crippen molar-refractivity contribution in [1.82, 2.24) is 20.0 Å². The summed E-state index contributed by atoms with van der Waals surface area (Å²) in [6.45, 7) is 7.54. The van der Waals surface area contributed by atoms with Crippen molar-refractivity contribution in [3.05, 3.63) is 53.0 Å². The van der Waals surface area contributed by atoms with E-state index in [0.717, 1.165) is 30.7 Å². The third-order valence-electron chi connectivity index (χ3n) is 4.80. The molecule has 2 heterocycles. The van der Waals surface area contributed by atoms with E-state index in [9.17, 15) is 9.59 Å². The van der Waals surface area contributed by atoms with Gasteiger partial charge in [-0.25, -0.2) is 4.68 Å². The summed E-state index contributed by atoms with van der Waals surface area (Å²) in [4.78, 5) is 27.0. The third-order valence-corrected chi connectivity index (χ3v) is 4.80. The second-order valence-corrected chi connectivity index (χ2v) is 6.67. The molecule has 1 aromatic heterocycles. The highest BCUT2D eigenvalue weighted by molar-refractivity contribution is 5.84. The van der Waals surface area contributed by atoms with Crippen LogP contribution in [0, 0.1) is 0 Å². The van der Waals surface area contributed by atoms with Gasteiger partial charge in [0.2, 0.25) is 5.91 Å². The molecule has 0 bridgehead atoms. The normalized spacial score (nSPS) is 14.6. The summed E-state index contributed by atoms with van der Waals surface area (Å²) in [6, 6.07) is 7.47. The molecule has 1 saturated heterocycles. The van der Waals surface area contributed by atoms with Gasteiger partial charge in [0.15, 0.2) is 0 Å². The van der Waals surface area contributed by atoms with Crippen molar-refractivity contribution in [2.45, 2.75) is 38.8 Å². The molecule has 0 atom stereocenters. The summed E-state index contributed by atoms with van der Waals surface area (Å²) in [5, 5.41) is 8.91. The van der Waals surface area contributed by atoms with E-state index in [1.165, 1.54) is 12.8 Å². The number of nitrogens with one attached hydrogen (secondary N) is 1. The Bertz CT molecular complexity index is 837. The lowest BCUT2D eigenvalue weighted by Gasteiger charge is -2.16. The average molecular weight is 354 g/mol. The molecule has 0 unspecified atom stereocenters. The van der Waals surface area contributed by atoms with Crippen molar-refractivity contribution in [2.24, 2.45) is 0 Å². The van der Waals surface area contributed by atoms with E-state index in [2.05, 4.69) is 21.9 Å². The van der Waals surface area contributed by atoms with E-state index in [0.29, 0.717) is 31.3 Å². The van der Waals surface area contributed by atoms with Gasteiger partial charge in [-0.05, 0) is 38.4 Å². The Hall–Kier alpha value is -2.47. The molecule has 6 heteroatoms. The van der Waals surface area contributed by atoms with Crippen LogP contribution < -0.4 is 10.9 Å². The van der Waals surface area contributed by atoms with Crippen molar-refractivity contribution < 1.29 is 4.79 Å². The standard InChI is InChI=1S/C20H26N4O2/c1-2-3-10-19(25)21-15-18-16-8-4-5-9-17(16)20(26)24(22-18)14-13-23-11-6-7-12-23/h2,4-5,8-9H,1,3,6-7,10-15H2,(H,21,25). The minimum atomic E-state index is -0.0680. The largest absolute Gasteiger partial charge is 0.350 e. The second kappa shape index (κ2) is 8.76. The van der Waals surface area contributed by atoms with Crippen LogP contribution in [-0.2, 0) is 17.9 Å². The van der Waals surface area contributed by atoms with Crippen molar-refractivity contribution in [3.8, 4) is 0 Å². The number of hydrogen-bond acceptors (Lipinski definition) is 4. The Kier molecular flexibility index (Phi) is 6.17. The van der Waals surface area contributed by atoms with E-state index < -0.39 is 0 Å². The average Bonchev–Trinajstić information content (AvgIpc) is 3.18. The molecule has 2 aromatic rings. The first kappa shape index (κ1) is 18.3. The number of allylic oxidation sites excluding steroid dienone is 1. The van der Waals surface area contributed by atoms with Gasteiger partial charge in [-0.1, -0.05) is 24.3 Å². The lowest BCUT2D eigenvalue weighted by Crippen LogP contribution is -2.32. The lowest BCUT2D eigenvalue weighted by molar-refractivity contribution is -0.121. The highest BCUT2D eigenvalue weighted by atomic mass is 16.1. The van der Waals surface area contributed by atoms with Crippen LogP contribution in [0.15, 0.2) is 41.7 Å². The molecule has 6 nitrogen and oxygen atoms in total. The number of aromatic nitrogens is 2. The van der Waals surface area contributed by atoms with Crippen LogP contribution in [0.1, 0.15) is 31.4 Å². The van der Waals surface area contributed by atoms with Crippen molar-refractivity contribution in [1.29, 1.82) is 0 Å². The van der Waals surface area contributed by atoms with Gasteiger partial charge in [0.1, 0.15) is 0 Å². The number of carbonyl (C=O) groups excluding carboxylic acids is 1. The van der Waals surface area contributed by atoms with Gasteiger partial charge in [0.25, 0.3) is 5.56 Å². The summed E-state index contributed by atoms with van der Waals surface area (Å²) < 4.78 is 1.55. The number of amides is 1. The SMILES string of the molecule is C=CCCC(=O)NCc1nn(CCN2CCCC2)c(=O)c2ccccc12. The molecule has 1 aliphatic heterocycles. The molecule has 0 radical (unpaired) electrons. The topological polar surface area (TPSA) is 67.2 Å². The van der Waals surface area contributed by atoms with Gasteiger partial charge in [0.05, 0.1) is 24.2 Å². The summed E-state index contributed by atoms with van der Waals surface area (Å²) in [7, 11) is 0. The predicted molar refractivity (Wildman–Crippen MR) is 103 cm³/mol. The van der Waals surface area contributed by atoms with E-state index >= 15 is 0 Å². The van der Waals surface area contributed by atoms with Gasteiger partial charge in [-0.3, -0.25) is 9.59 Å². The number of hydrogen-bond donors (Lipinski definition) is 1. The van der Waals surface area contributed by atoms with Gasteiger partial charge in [0, 0.05) is 18.4 Å². The summed E-state index contributed by atoms with van der Waals surface area (Å²) >= 11 is 0. The third kappa shape index (κ3) is 4.38. The van der Waals surface area contributed by atoms with Crippen LogP contribution in [-0.4, -0.2) is 40.2 Å². The van der Waals surface area contributed by atoms with Crippen LogP contribution in [0.2, 0.25) is 0 Å². The zero-order chi connectivity index (χ0) is 18.4. The Labute approximate surface area is 153 Å². The molecule has 0 aliphatic carbocycles. The molecule has 1 amide bonds. The smallest absolute Gasteiger partial charge is 0.274 e. The Morgan fingerprint density at radius 1 is 1.19 bits per heavy atom. The zero-order valence-electron chi connectivity index (χ0n) is 15.1. The van der Waals surface area contributed by atoms with Gasteiger partial charge < -0.3 is 10.2 Å². The quantitative estimate of drug-likeness (QED) is 0.737. The van der Waals surface area contributed by atoms with Gasteiger partial charge in [-0.15, -0.1) is 6.58 Å². The van der Waals surface area contributed by atoms with Gasteiger partial charge >= 0.3 is 0 Å². The minimum absolute atomic E-state index is 0.0365. The number of benzene rings is 1. The molecule has 26 heavy (non-hydrogen) atoms. The van der Waals surface area contributed by atoms with Crippen molar-refractivity contribution >= 4 is 16.7 Å². The zero-order valence-corrected chi connectivity index (χ0v) is 15.1. The molecule has 1 N–H and O–H groups in total. The van der Waals surface area contributed by atoms with E-state index in [1.807, 2.05) is 24.3 Å². The molecule has 1 fully saturated rings.